The number of aryl methyl sites for hydroxylation is 2. The van der Waals surface area contributed by atoms with Gasteiger partial charge in [-0.25, -0.2) is 0 Å². The Hall–Kier alpha value is -3.92. The van der Waals surface area contributed by atoms with Crippen molar-refractivity contribution >= 4 is 24.0 Å². The maximum absolute atomic E-state index is 12.0. The molecule has 0 aliphatic heterocycles. The molecule has 0 bridgehead atoms. The van der Waals surface area contributed by atoms with Gasteiger partial charge in [-0.05, 0) is 48.3 Å². The Morgan fingerprint density at radius 3 is 1.28 bits per heavy atom. The molecule has 3 aromatic rings. The summed E-state index contributed by atoms with van der Waals surface area (Å²) in [7, 11) is 0. The van der Waals surface area contributed by atoms with Crippen LogP contribution in [0, 0.1) is 13.8 Å². The first-order valence-electron chi connectivity index (χ1n) is 10.6. The zero-order valence-electron chi connectivity index (χ0n) is 18.5. The van der Waals surface area contributed by atoms with Crippen molar-refractivity contribution in [2.45, 2.75) is 26.9 Å². The molecule has 0 radical (unpaired) electrons. The SMILES string of the molecule is Cc1ccc(/C=C/C(=O)NCc2ccc(CNC(=O)/C=C/c3ccc(C)cc3)cc2)cc1. The van der Waals surface area contributed by atoms with Gasteiger partial charge in [0.25, 0.3) is 0 Å². The molecule has 0 aliphatic rings. The fourth-order valence-electron chi connectivity index (χ4n) is 2.97. The number of hydrogen-bond acceptors (Lipinski definition) is 2. The van der Waals surface area contributed by atoms with Crippen LogP contribution in [-0.4, -0.2) is 11.8 Å². The van der Waals surface area contributed by atoms with Crippen molar-refractivity contribution in [3.8, 4) is 0 Å². The van der Waals surface area contributed by atoms with Crippen LogP contribution in [0.25, 0.3) is 12.2 Å². The fraction of sp³-hybridized carbons (Fsp3) is 0.143. The maximum atomic E-state index is 12.0. The molecule has 4 nitrogen and oxygen atoms in total. The second kappa shape index (κ2) is 11.5. The van der Waals surface area contributed by atoms with E-state index in [9.17, 15) is 9.59 Å². The Morgan fingerprint density at radius 2 is 0.938 bits per heavy atom. The average molecular weight is 425 g/mol. The van der Waals surface area contributed by atoms with Crippen LogP contribution in [0.3, 0.4) is 0 Å². The second-order valence-electron chi connectivity index (χ2n) is 7.74. The van der Waals surface area contributed by atoms with Crippen molar-refractivity contribution < 1.29 is 9.59 Å². The van der Waals surface area contributed by atoms with Gasteiger partial charge in [-0.1, -0.05) is 83.9 Å². The van der Waals surface area contributed by atoms with Crippen LogP contribution in [0.1, 0.15) is 33.4 Å². The lowest BCUT2D eigenvalue weighted by Crippen LogP contribution is -2.21. The second-order valence-corrected chi connectivity index (χ2v) is 7.74. The van der Waals surface area contributed by atoms with E-state index in [0.717, 1.165) is 22.3 Å². The Labute approximate surface area is 189 Å². The Kier molecular flexibility index (Phi) is 8.15. The fourth-order valence-corrected chi connectivity index (χ4v) is 2.97. The molecule has 0 unspecified atom stereocenters. The van der Waals surface area contributed by atoms with Crippen molar-refractivity contribution in [3.63, 3.8) is 0 Å². The van der Waals surface area contributed by atoms with Crippen LogP contribution in [-0.2, 0) is 22.7 Å². The standard InChI is InChI=1S/C28H28N2O2/c1-21-3-7-23(8-4-21)15-17-27(31)29-19-25-11-13-26(14-12-25)20-30-28(32)18-16-24-9-5-22(2)6-10-24/h3-18H,19-20H2,1-2H3,(H,29,31)(H,30,32)/b17-15+,18-16+. The number of carbonyl (C=O) groups excluding carboxylic acids is 2. The van der Waals surface area contributed by atoms with E-state index >= 15 is 0 Å². The summed E-state index contributed by atoms with van der Waals surface area (Å²) in [6, 6.07) is 23.8. The van der Waals surface area contributed by atoms with E-state index in [1.54, 1.807) is 24.3 Å². The molecular weight excluding hydrogens is 396 g/mol. The minimum Gasteiger partial charge on any atom is -0.348 e. The molecule has 0 heterocycles. The highest BCUT2D eigenvalue weighted by Gasteiger charge is 2.00. The van der Waals surface area contributed by atoms with E-state index < -0.39 is 0 Å². The van der Waals surface area contributed by atoms with Crippen molar-refractivity contribution in [2.24, 2.45) is 0 Å². The predicted molar refractivity (Wildman–Crippen MR) is 131 cm³/mol. The molecule has 0 aliphatic carbocycles. The molecule has 3 rings (SSSR count). The van der Waals surface area contributed by atoms with Crippen molar-refractivity contribution in [1.29, 1.82) is 0 Å². The van der Waals surface area contributed by atoms with Crippen LogP contribution in [0.2, 0.25) is 0 Å². The van der Waals surface area contributed by atoms with Gasteiger partial charge in [-0.15, -0.1) is 0 Å². The van der Waals surface area contributed by atoms with Gasteiger partial charge in [0.2, 0.25) is 11.8 Å². The number of benzene rings is 3. The van der Waals surface area contributed by atoms with E-state index in [1.165, 1.54) is 11.1 Å². The first-order chi connectivity index (χ1) is 15.5. The van der Waals surface area contributed by atoms with Crippen LogP contribution >= 0.6 is 0 Å². The van der Waals surface area contributed by atoms with Crippen molar-refractivity contribution in [2.75, 3.05) is 0 Å². The molecule has 2 N–H and O–H groups in total. The minimum absolute atomic E-state index is 0.137. The summed E-state index contributed by atoms with van der Waals surface area (Å²) in [6.07, 6.45) is 6.68. The van der Waals surface area contributed by atoms with Gasteiger partial charge in [-0.3, -0.25) is 9.59 Å². The quantitative estimate of drug-likeness (QED) is 0.502. The molecule has 0 saturated carbocycles. The third kappa shape index (κ3) is 7.73. The van der Waals surface area contributed by atoms with Crippen molar-refractivity contribution in [3.05, 3.63) is 118 Å². The van der Waals surface area contributed by atoms with Gasteiger partial charge in [0, 0.05) is 25.2 Å². The molecule has 0 aromatic heterocycles. The first-order valence-corrected chi connectivity index (χ1v) is 10.6. The molecular formula is C28H28N2O2. The van der Waals surface area contributed by atoms with Crippen LogP contribution < -0.4 is 10.6 Å². The van der Waals surface area contributed by atoms with E-state index in [1.807, 2.05) is 86.6 Å². The molecule has 2 amide bonds. The number of carbonyl (C=O) groups is 2. The molecule has 0 saturated heterocycles. The maximum Gasteiger partial charge on any atom is 0.244 e. The number of hydrogen-bond donors (Lipinski definition) is 2. The summed E-state index contributed by atoms with van der Waals surface area (Å²) >= 11 is 0. The van der Waals surface area contributed by atoms with Crippen LogP contribution in [0.15, 0.2) is 84.9 Å². The van der Waals surface area contributed by atoms with E-state index in [4.69, 9.17) is 0 Å². The van der Waals surface area contributed by atoms with E-state index in [2.05, 4.69) is 10.6 Å². The summed E-state index contributed by atoms with van der Waals surface area (Å²) in [5.74, 6) is -0.274. The number of amides is 2. The Bertz CT molecular complexity index is 1000. The van der Waals surface area contributed by atoms with Gasteiger partial charge in [-0.2, -0.15) is 0 Å². The lowest BCUT2D eigenvalue weighted by molar-refractivity contribution is -0.117. The molecule has 0 spiro atoms. The highest BCUT2D eigenvalue weighted by molar-refractivity contribution is 5.92. The Morgan fingerprint density at radius 1 is 0.594 bits per heavy atom. The monoisotopic (exact) mass is 424 g/mol. The third-order valence-corrected chi connectivity index (χ3v) is 4.97. The predicted octanol–water partition coefficient (Wildman–Crippen LogP) is 4.96. The molecule has 32 heavy (non-hydrogen) atoms. The van der Waals surface area contributed by atoms with Crippen LogP contribution in [0.4, 0.5) is 0 Å². The zero-order valence-corrected chi connectivity index (χ0v) is 18.5. The van der Waals surface area contributed by atoms with Gasteiger partial charge in [0.05, 0.1) is 0 Å². The largest absolute Gasteiger partial charge is 0.348 e. The van der Waals surface area contributed by atoms with Crippen molar-refractivity contribution in [1.82, 2.24) is 10.6 Å². The van der Waals surface area contributed by atoms with Gasteiger partial charge >= 0.3 is 0 Å². The highest BCUT2D eigenvalue weighted by atomic mass is 16.2. The van der Waals surface area contributed by atoms with Gasteiger partial charge in [0.15, 0.2) is 0 Å². The smallest absolute Gasteiger partial charge is 0.244 e. The summed E-state index contributed by atoms with van der Waals surface area (Å²) in [4.78, 5) is 24.1. The molecule has 0 atom stereocenters. The topological polar surface area (TPSA) is 58.2 Å². The Balaban J connectivity index is 1.41. The summed E-state index contributed by atoms with van der Waals surface area (Å²) < 4.78 is 0. The lowest BCUT2D eigenvalue weighted by atomic mass is 10.1. The minimum atomic E-state index is -0.137. The molecule has 4 heteroatoms. The zero-order chi connectivity index (χ0) is 22.8. The summed E-state index contributed by atoms with van der Waals surface area (Å²) in [5, 5.41) is 5.76. The third-order valence-electron chi connectivity index (χ3n) is 4.97. The summed E-state index contributed by atoms with van der Waals surface area (Å²) in [5.41, 5.74) is 6.35. The molecule has 3 aromatic carbocycles. The lowest BCUT2D eigenvalue weighted by Gasteiger charge is -2.06. The molecule has 0 fully saturated rings. The normalized spacial score (nSPS) is 11.1. The van der Waals surface area contributed by atoms with Crippen LogP contribution in [0.5, 0.6) is 0 Å². The number of nitrogens with one attached hydrogen (secondary N) is 2. The summed E-state index contributed by atoms with van der Waals surface area (Å²) in [6.45, 7) is 4.96. The van der Waals surface area contributed by atoms with E-state index in [-0.39, 0.29) is 11.8 Å². The molecule has 162 valence electrons. The average Bonchev–Trinajstić information content (AvgIpc) is 2.81. The van der Waals surface area contributed by atoms with E-state index in [0.29, 0.717) is 13.1 Å². The first kappa shape index (κ1) is 22.8. The van der Waals surface area contributed by atoms with Gasteiger partial charge in [0.1, 0.15) is 0 Å². The number of rotatable bonds is 8. The van der Waals surface area contributed by atoms with Gasteiger partial charge < -0.3 is 10.6 Å². The highest BCUT2D eigenvalue weighted by Crippen LogP contribution is 2.07.